The first-order chi connectivity index (χ1) is 15.5. The van der Waals surface area contributed by atoms with Gasteiger partial charge in [-0.25, -0.2) is 4.98 Å². The summed E-state index contributed by atoms with van der Waals surface area (Å²) in [7, 11) is 0. The second-order valence-electron chi connectivity index (χ2n) is 8.50. The summed E-state index contributed by atoms with van der Waals surface area (Å²) in [6.45, 7) is 1.62. The third-order valence-corrected chi connectivity index (χ3v) is 6.45. The Balaban J connectivity index is 1.66. The molecule has 6 nitrogen and oxygen atoms in total. The maximum Gasteiger partial charge on any atom is 0.268 e. The molecule has 0 radical (unpaired) electrons. The molecule has 0 unspecified atom stereocenters. The lowest BCUT2D eigenvalue weighted by atomic mass is 9.72. The molecule has 1 amide bonds. The Morgan fingerprint density at radius 1 is 1.16 bits per heavy atom. The Morgan fingerprint density at radius 3 is 2.50 bits per heavy atom. The summed E-state index contributed by atoms with van der Waals surface area (Å²) in [6.07, 6.45) is 2.48. The molecule has 2 heterocycles. The molecule has 6 heteroatoms. The number of nitrogens with zero attached hydrogens (tertiary/aromatic N) is 3. The summed E-state index contributed by atoms with van der Waals surface area (Å²) < 4.78 is 5.85. The van der Waals surface area contributed by atoms with Gasteiger partial charge in [-0.3, -0.25) is 9.69 Å². The first-order valence-electron chi connectivity index (χ1n) is 10.9. The van der Waals surface area contributed by atoms with E-state index < -0.39 is 6.10 Å². The van der Waals surface area contributed by atoms with E-state index in [1.54, 1.807) is 6.92 Å². The zero-order chi connectivity index (χ0) is 22.3. The number of hydrogen-bond donors (Lipinski definition) is 1. The second kappa shape index (κ2) is 7.77. The fourth-order valence-electron chi connectivity index (χ4n) is 4.42. The van der Waals surface area contributed by atoms with Crippen molar-refractivity contribution in [2.45, 2.75) is 37.8 Å². The largest absolute Gasteiger partial charge is 0.463 e. The van der Waals surface area contributed by atoms with E-state index in [1.807, 2.05) is 48.5 Å². The molecule has 0 bridgehead atoms. The lowest BCUT2D eigenvalue weighted by Crippen LogP contribution is -2.45. The number of ether oxygens (including phenoxy) is 1. The molecule has 1 aliphatic heterocycles. The van der Waals surface area contributed by atoms with Gasteiger partial charge < -0.3 is 10.5 Å². The summed E-state index contributed by atoms with van der Waals surface area (Å²) >= 11 is 0. The van der Waals surface area contributed by atoms with Gasteiger partial charge in [0.2, 0.25) is 5.88 Å². The summed E-state index contributed by atoms with van der Waals surface area (Å²) in [5.74, 6) is 0.117. The van der Waals surface area contributed by atoms with Crippen LogP contribution in [0.3, 0.4) is 0 Å². The molecule has 160 valence electrons. The number of hydrogen-bond acceptors (Lipinski definition) is 5. The van der Waals surface area contributed by atoms with Gasteiger partial charge in [0, 0.05) is 16.7 Å². The van der Waals surface area contributed by atoms with Crippen LogP contribution in [0.5, 0.6) is 5.88 Å². The highest BCUT2D eigenvalue weighted by atomic mass is 16.5. The molecule has 2 aliphatic rings. The number of nitrogens with two attached hydrogens (primary N) is 1. The fourth-order valence-corrected chi connectivity index (χ4v) is 4.42. The first-order valence-corrected chi connectivity index (χ1v) is 10.9. The van der Waals surface area contributed by atoms with E-state index in [0.29, 0.717) is 11.6 Å². The minimum absolute atomic E-state index is 0.0535. The van der Waals surface area contributed by atoms with Gasteiger partial charge in [-0.1, -0.05) is 54.6 Å². The van der Waals surface area contributed by atoms with Crippen LogP contribution in [0.2, 0.25) is 0 Å². The summed E-state index contributed by atoms with van der Waals surface area (Å²) in [4.78, 5) is 19.0. The lowest BCUT2D eigenvalue weighted by Gasteiger charge is -2.38. The lowest BCUT2D eigenvalue weighted by molar-refractivity contribution is -0.125. The van der Waals surface area contributed by atoms with Gasteiger partial charge in [0.1, 0.15) is 12.2 Å². The molecule has 0 saturated heterocycles. The number of carbonyl (C=O) groups excluding carboxylic acids is 1. The molecule has 0 spiro atoms. The van der Waals surface area contributed by atoms with Crippen LogP contribution in [0, 0.1) is 11.3 Å². The van der Waals surface area contributed by atoms with Crippen LogP contribution in [0.25, 0.3) is 22.4 Å². The van der Waals surface area contributed by atoms with Crippen molar-refractivity contribution in [3.63, 3.8) is 0 Å². The Labute approximate surface area is 187 Å². The number of aromatic nitrogens is 1. The predicted molar refractivity (Wildman–Crippen MR) is 123 cm³/mol. The SMILES string of the molecule is C[C@H]1Oc2nc(-c3ccc(C4(N)CCC4)cc3)c(-c3ccccc3)cc2N(CC#N)C1=O. The topological polar surface area (TPSA) is 92.2 Å². The van der Waals surface area contributed by atoms with Crippen LogP contribution in [0.1, 0.15) is 31.7 Å². The molecule has 32 heavy (non-hydrogen) atoms. The summed E-state index contributed by atoms with van der Waals surface area (Å²) in [5.41, 5.74) is 11.5. The zero-order valence-electron chi connectivity index (χ0n) is 17.9. The van der Waals surface area contributed by atoms with E-state index in [-0.39, 0.29) is 18.0 Å². The quantitative estimate of drug-likeness (QED) is 0.627. The number of nitriles is 1. The maximum atomic E-state index is 12.7. The molecule has 1 saturated carbocycles. The van der Waals surface area contributed by atoms with Crippen molar-refractivity contribution in [2.24, 2.45) is 5.73 Å². The number of pyridine rings is 1. The van der Waals surface area contributed by atoms with E-state index in [2.05, 4.69) is 18.2 Å². The van der Waals surface area contributed by atoms with E-state index in [1.165, 1.54) is 4.90 Å². The normalized spacial score (nSPS) is 18.8. The molecule has 2 aromatic carbocycles. The van der Waals surface area contributed by atoms with Crippen LogP contribution in [-0.2, 0) is 10.3 Å². The van der Waals surface area contributed by atoms with Gasteiger partial charge in [-0.15, -0.1) is 0 Å². The van der Waals surface area contributed by atoms with Crippen LogP contribution in [0.4, 0.5) is 5.69 Å². The average Bonchev–Trinajstić information content (AvgIpc) is 2.80. The molecule has 2 N–H and O–H groups in total. The number of anilines is 1. The molecule has 5 rings (SSSR count). The van der Waals surface area contributed by atoms with Crippen LogP contribution in [-0.4, -0.2) is 23.5 Å². The standard InChI is InChI=1S/C26H24N4O2/c1-17-25(31)30(15-14-27)22-16-21(18-6-3-2-4-7-18)23(29-24(22)32-17)19-8-10-20(11-9-19)26(28)12-5-13-26/h2-4,6-11,16-17H,5,12-13,15,28H2,1H3/t17-/m1/s1. The molecule has 3 aromatic rings. The predicted octanol–water partition coefficient (Wildman–Crippen LogP) is 4.39. The van der Waals surface area contributed by atoms with E-state index >= 15 is 0 Å². The number of carbonyl (C=O) groups is 1. The van der Waals surface area contributed by atoms with Crippen molar-refractivity contribution in [3.05, 3.63) is 66.2 Å². The number of rotatable bonds is 4. The minimum Gasteiger partial charge on any atom is -0.463 e. The highest BCUT2D eigenvalue weighted by Crippen LogP contribution is 2.42. The monoisotopic (exact) mass is 424 g/mol. The zero-order valence-corrected chi connectivity index (χ0v) is 17.9. The van der Waals surface area contributed by atoms with E-state index in [4.69, 9.17) is 15.5 Å². The first kappa shape index (κ1) is 20.2. The third kappa shape index (κ3) is 3.31. The molecule has 1 aliphatic carbocycles. The van der Waals surface area contributed by atoms with E-state index in [9.17, 15) is 10.1 Å². The highest BCUT2D eigenvalue weighted by Gasteiger charge is 2.35. The minimum atomic E-state index is -0.697. The van der Waals surface area contributed by atoms with Gasteiger partial charge in [0.05, 0.1) is 11.8 Å². The van der Waals surface area contributed by atoms with Crippen molar-refractivity contribution in [1.29, 1.82) is 5.26 Å². The number of fused-ring (bicyclic) bond motifs is 1. The van der Waals surface area contributed by atoms with Gasteiger partial charge in [-0.05, 0) is 43.4 Å². The van der Waals surface area contributed by atoms with Gasteiger partial charge in [0.25, 0.3) is 5.91 Å². The van der Waals surface area contributed by atoms with Crippen molar-refractivity contribution in [3.8, 4) is 34.3 Å². The molecular weight excluding hydrogens is 400 g/mol. The molecule has 1 aromatic heterocycles. The van der Waals surface area contributed by atoms with E-state index in [0.717, 1.165) is 47.2 Å². The van der Waals surface area contributed by atoms with Crippen LogP contribution in [0.15, 0.2) is 60.7 Å². The number of amides is 1. The van der Waals surface area contributed by atoms with Gasteiger partial charge >= 0.3 is 0 Å². The fraction of sp³-hybridized carbons (Fsp3) is 0.269. The molecular formula is C26H24N4O2. The Kier molecular flexibility index (Phi) is 4.91. The van der Waals surface area contributed by atoms with Crippen molar-refractivity contribution in [1.82, 2.24) is 4.98 Å². The van der Waals surface area contributed by atoms with Gasteiger partial charge in [0.15, 0.2) is 6.10 Å². The smallest absolute Gasteiger partial charge is 0.268 e. The van der Waals surface area contributed by atoms with Crippen LogP contribution < -0.4 is 15.4 Å². The highest BCUT2D eigenvalue weighted by molar-refractivity contribution is 6.01. The van der Waals surface area contributed by atoms with Crippen LogP contribution >= 0.6 is 0 Å². The van der Waals surface area contributed by atoms with Crippen molar-refractivity contribution < 1.29 is 9.53 Å². The molecule has 1 fully saturated rings. The molecule has 1 atom stereocenters. The van der Waals surface area contributed by atoms with Crippen molar-refractivity contribution >= 4 is 11.6 Å². The summed E-state index contributed by atoms with van der Waals surface area (Å²) in [5, 5.41) is 9.27. The van der Waals surface area contributed by atoms with Gasteiger partial charge in [-0.2, -0.15) is 5.26 Å². The Bertz CT molecular complexity index is 1210. The summed E-state index contributed by atoms with van der Waals surface area (Å²) in [6, 6.07) is 22.1. The number of benzene rings is 2. The van der Waals surface area contributed by atoms with Crippen molar-refractivity contribution in [2.75, 3.05) is 11.4 Å². The Morgan fingerprint density at radius 2 is 1.88 bits per heavy atom. The maximum absolute atomic E-state index is 12.7. The third-order valence-electron chi connectivity index (χ3n) is 6.45. The average molecular weight is 425 g/mol. The second-order valence-corrected chi connectivity index (χ2v) is 8.50. The Hall–Kier alpha value is -3.69.